The number of ether oxygens (including phenoxy) is 1. The van der Waals surface area contributed by atoms with E-state index in [4.69, 9.17) is 5.11 Å². The van der Waals surface area contributed by atoms with E-state index in [-0.39, 0.29) is 24.3 Å². The van der Waals surface area contributed by atoms with Crippen molar-refractivity contribution in [3.8, 4) is 5.75 Å². The Balaban J connectivity index is 2.22. The van der Waals surface area contributed by atoms with Gasteiger partial charge in [-0.15, -0.1) is 0 Å². The van der Waals surface area contributed by atoms with Gasteiger partial charge in [0.1, 0.15) is 5.75 Å². The van der Waals surface area contributed by atoms with Crippen LogP contribution in [-0.4, -0.2) is 30.1 Å². The number of hydrogen-bond acceptors (Lipinski definition) is 3. The molecule has 0 saturated heterocycles. The Morgan fingerprint density at radius 3 is 2.36 bits per heavy atom. The average molecular weight is 351 g/mol. The average Bonchev–Trinajstić information content (AvgIpc) is 2.53. The molecule has 2 aromatic carbocycles. The monoisotopic (exact) mass is 351 g/mol. The van der Waals surface area contributed by atoms with Crippen LogP contribution in [0.1, 0.15) is 30.6 Å². The summed E-state index contributed by atoms with van der Waals surface area (Å²) >= 11 is 0. The van der Waals surface area contributed by atoms with Crippen LogP contribution in [0.2, 0.25) is 0 Å². The van der Waals surface area contributed by atoms with Gasteiger partial charge in [0.05, 0.1) is 11.0 Å². The SMILES string of the molecule is CC(C)(CCNC(=O)c1cc2ccccc2cc1OC(F)F)C(=O)O. The summed E-state index contributed by atoms with van der Waals surface area (Å²) in [5, 5.41) is 13.0. The van der Waals surface area contributed by atoms with Crippen LogP contribution in [0, 0.1) is 5.41 Å². The number of rotatable bonds is 7. The molecule has 0 aliphatic heterocycles. The highest BCUT2D eigenvalue weighted by Crippen LogP contribution is 2.27. The second-order valence-electron chi connectivity index (χ2n) is 6.27. The van der Waals surface area contributed by atoms with E-state index in [9.17, 15) is 18.4 Å². The maximum absolute atomic E-state index is 12.6. The molecule has 0 bridgehead atoms. The Morgan fingerprint density at radius 1 is 1.20 bits per heavy atom. The molecule has 0 atom stereocenters. The fraction of sp³-hybridized carbons (Fsp3) is 0.333. The summed E-state index contributed by atoms with van der Waals surface area (Å²) in [6.07, 6.45) is 0.201. The van der Waals surface area contributed by atoms with Crippen LogP contribution in [0.25, 0.3) is 10.8 Å². The molecule has 0 heterocycles. The standard InChI is InChI=1S/C18H19F2NO4/c1-18(2,16(23)24)7-8-21-15(22)13-9-11-5-3-4-6-12(11)10-14(13)25-17(19)20/h3-6,9-10,17H,7-8H2,1-2H3,(H,21,22)(H,23,24). The predicted molar refractivity (Wildman–Crippen MR) is 88.9 cm³/mol. The van der Waals surface area contributed by atoms with Crippen molar-refractivity contribution in [2.75, 3.05) is 6.54 Å². The lowest BCUT2D eigenvalue weighted by Gasteiger charge is -2.19. The highest BCUT2D eigenvalue weighted by atomic mass is 19.3. The van der Waals surface area contributed by atoms with Gasteiger partial charge in [0.2, 0.25) is 0 Å². The number of amides is 1. The summed E-state index contributed by atoms with van der Waals surface area (Å²) in [7, 11) is 0. The molecular weight excluding hydrogens is 332 g/mol. The first kappa shape index (κ1) is 18.6. The van der Waals surface area contributed by atoms with Crippen LogP contribution >= 0.6 is 0 Å². The van der Waals surface area contributed by atoms with Crippen molar-refractivity contribution < 1.29 is 28.2 Å². The van der Waals surface area contributed by atoms with Gasteiger partial charge in [0.15, 0.2) is 0 Å². The molecular formula is C18H19F2NO4. The van der Waals surface area contributed by atoms with E-state index in [1.54, 1.807) is 38.1 Å². The summed E-state index contributed by atoms with van der Waals surface area (Å²) in [6, 6.07) is 9.87. The number of carbonyl (C=O) groups excluding carboxylic acids is 1. The lowest BCUT2D eigenvalue weighted by molar-refractivity contribution is -0.147. The third-order valence-corrected chi connectivity index (χ3v) is 3.92. The summed E-state index contributed by atoms with van der Waals surface area (Å²) in [4.78, 5) is 23.4. The van der Waals surface area contributed by atoms with Crippen LogP contribution in [0.3, 0.4) is 0 Å². The lowest BCUT2D eigenvalue weighted by atomic mass is 9.89. The summed E-state index contributed by atoms with van der Waals surface area (Å²) in [5.41, 5.74) is -1.02. The van der Waals surface area contributed by atoms with Crippen LogP contribution in [-0.2, 0) is 4.79 Å². The zero-order valence-electron chi connectivity index (χ0n) is 13.9. The molecule has 0 saturated carbocycles. The number of carbonyl (C=O) groups is 2. The van der Waals surface area contributed by atoms with Crippen LogP contribution in [0.5, 0.6) is 5.75 Å². The van der Waals surface area contributed by atoms with Crippen molar-refractivity contribution in [3.05, 3.63) is 42.0 Å². The number of hydrogen-bond donors (Lipinski definition) is 2. The molecule has 25 heavy (non-hydrogen) atoms. The fourth-order valence-electron chi connectivity index (χ4n) is 2.28. The predicted octanol–water partition coefficient (Wildman–Crippen LogP) is 3.67. The molecule has 2 aromatic rings. The smallest absolute Gasteiger partial charge is 0.387 e. The number of benzene rings is 2. The number of carboxylic acid groups (broad SMARTS) is 1. The minimum absolute atomic E-state index is 0.0212. The van der Waals surface area contributed by atoms with Gasteiger partial charge in [-0.2, -0.15) is 8.78 Å². The quantitative estimate of drug-likeness (QED) is 0.798. The Morgan fingerprint density at radius 2 is 1.80 bits per heavy atom. The number of aliphatic carboxylic acids is 1. The zero-order chi connectivity index (χ0) is 18.6. The first-order valence-electron chi connectivity index (χ1n) is 7.70. The molecule has 0 fully saturated rings. The molecule has 0 unspecified atom stereocenters. The normalized spacial score (nSPS) is 11.6. The third kappa shape index (κ3) is 4.65. The molecule has 2 N–H and O–H groups in total. The number of nitrogens with one attached hydrogen (secondary N) is 1. The molecule has 0 spiro atoms. The summed E-state index contributed by atoms with van der Waals surface area (Å²) in [5.74, 6) is -1.79. The maximum Gasteiger partial charge on any atom is 0.387 e. The van der Waals surface area contributed by atoms with E-state index in [0.29, 0.717) is 10.8 Å². The van der Waals surface area contributed by atoms with Gasteiger partial charge in [-0.1, -0.05) is 24.3 Å². The van der Waals surface area contributed by atoms with Crippen LogP contribution < -0.4 is 10.1 Å². The van der Waals surface area contributed by atoms with E-state index in [1.165, 1.54) is 12.1 Å². The highest BCUT2D eigenvalue weighted by molar-refractivity contribution is 6.01. The van der Waals surface area contributed by atoms with E-state index >= 15 is 0 Å². The molecule has 1 amide bonds. The topological polar surface area (TPSA) is 75.6 Å². The van der Waals surface area contributed by atoms with Gasteiger partial charge < -0.3 is 15.2 Å². The molecule has 7 heteroatoms. The van der Waals surface area contributed by atoms with Gasteiger partial charge in [0.25, 0.3) is 5.91 Å². The minimum atomic E-state index is -3.06. The van der Waals surface area contributed by atoms with Gasteiger partial charge in [-0.3, -0.25) is 9.59 Å². The maximum atomic E-state index is 12.6. The van der Waals surface area contributed by atoms with Crippen molar-refractivity contribution in [1.82, 2.24) is 5.32 Å². The molecule has 0 radical (unpaired) electrons. The van der Waals surface area contributed by atoms with Gasteiger partial charge in [0, 0.05) is 6.54 Å². The molecule has 2 rings (SSSR count). The molecule has 5 nitrogen and oxygen atoms in total. The van der Waals surface area contributed by atoms with Crippen molar-refractivity contribution in [1.29, 1.82) is 0 Å². The first-order chi connectivity index (χ1) is 11.7. The summed E-state index contributed by atoms with van der Waals surface area (Å²) in [6.45, 7) is 0.128. The second kappa shape index (κ2) is 7.46. The van der Waals surface area contributed by atoms with Crippen molar-refractivity contribution in [2.24, 2.45) is 5.41 Å². The summed E-state index contributed by atoms with van der Waals surface area (Å²) < 4.78 is 29.8. The molecule has 0 aliphatic rings. The number of halogens is 2. The lowest BCUT2D eigenvalue weighted by Crippen LogP contribution is -2.32. The Hall–Kier alpha value is -2.70. The van der Waals surface area contributed by atoms with E-state index in [2.05, 4.69) is 10.1 Å². The number of carboxylic acids is 1. The second-order valence-corrected chi connectivity index (χ2v) is 6.27. The van der Waals surface area contributed by atoms with E-state index in [0.717, 1.165) is 0 Å². The van der Waals surface area contributed by atoms with Gasteiger partial charge >= 0.3 is 12.6 Å². The molecule has 0 aliphatic carbocycles. The largest absolute Gasteiger partial charge is 0.481 e. The van der Waals surface area contributed by atoms with E-state index < -0.39 is 23.9 Å². The molecule has 134 valence electrons. The number of alkyl halides is 2. The van der Waals surface area contributed by atoms with Crippen LogP contribution in [0.15, 0.2) is 36.4 Å². The van der Waals surface area contributed by atoms with E-state index in [1.807, 2.05) is 0 Å². The Kier molecular flexibility index (Phi) is 5.56. The number of fused-ring (bicyclic) bond motifs is 1. The Bertz CT molecular complexity index is 790. The zero-order valence-corrected chi connectivity index (χ0v) is 13.9. The van der Waals surface area contributed by atoms with Crippen molar-refractivity contribution >= 4 is 22.6 Å². The van der Waals surface area contributed by atoms with Crippen molar-refractivity contribution in [2.45, 2.75) is 26.9 Å². The Labute approximate surface area is 143 Å². The minimum Gasteiger partial charge on any atom is -0.481 e. The third-order valence-electron chi connectivity index (χ3n) is 3.92. The fourth-order valence-corrected chi connectivity index (χ4v) is 2.28. The molecule has 0 aromatic heterocycles. The van der Waals surface area contributed by atoms with Crippen LogP contribution in [0.4, 0.5) is 8.78 Å². The van der Waals surface area contributed by atoms with Gasteiger partial charge in [-0.25, -0.2) is 0 Å². The van der Waals surface area contributed by atoms with Crippen molar-refractivity contribution in [3.63, 3.8) is 0 Å². The van der Waals surface area contributed by atoms with Gasteiger partial charge in [-0.05, 0) is 43.2 Å². The highest BCUT2D eigenvalue weighted by Gasteiger charge is 2.27. The first-order valence-corrected chi connectivity index (χ1v) is 7.70.